The molecule has 1 aromatic rings. The maximum Gasteiger partial charge on any atom is 0.387 e. The lowest BCUT2D eigenvalue weighted by molar-refractivity contribution is -0.149. The Morgan fingerprint density at radius 1 is 1.36 bits per heavy atom. The van der Waals surface area contributed by atoms with Crippen LogP contribution in [0.2, 0.25) is 0 Å². The second-order valence-electron chi connectivity index (χ2n) is 5.64. The van der Waals surface area contributed by atoms with Crippen LogP contribution in [0.3, 0.4) is 0 Å². The smallest absolute Gasteiger partial charge is 0.387 e. The van der Waals surface area contributed by atoms with Gasteiger partial charge in [0.1, 0.15) is 0 Å². The Morgan fingerprint density at radius 3 is 2.60 bits per heavy atom. The summed E-state index contributed by atoms with van der Waals surface area (Å²) < 4.78 is 35.2. The first-order chi connectivity index (χ1) is 11.9. The zero-order chi connectivity index (χ0) is 18.3. The minimum absolute atomic E-state index is 0.0107. The summed E-state index contributed by atoms with van der Waals surface area (Å²) in [5.41, 5.74) is -0.0314. The molecule has 25 heavy (non-hydrogen) atoms. The molecule has 2 aliphatic rings. The highest BCUT2D eigenvalue weighted by molar-refractivity contribution is 9.10. The van der Waals surface area contributed by atoms with Gasteiger partial charge in [0.2, 0.25) is 5.91 Å². The van der Waals surface area contributed by atoms with E-state index in [9.17, 15) is 23.2 Å². The van der Waals surface area contributed by atoms with Gasteiger partial charge >= 0.3 is 12.6 Å². The number of anilines is 1. The minimum atomic E-state index is -3.13. The van der Waals surface area contributed by atoms with E-state index < -0.39 is 30.2 Å². The molecule has 1 aliphatic carbocycles. The van der Waals surface area contributed by atoms with Crippen LogP contribution in [0.5, 0.6) is 5.75 Å². The van der Waals surface area contributed by atoms with Gasteiger partial charge in [-0.25, -0.2) is 0 Å². The van der Waals surface area contributed by atoms with Crippen LogP contribution in [0, 0.1) is 5.92 Å². The Balaban J connectivity index is 2.15. The molecule has 1 saturated carbocycles. The molecule has 1 heterocycles. The van der Waals surface area contributed by atoms with Gasteiger partial charge in [-0.1, -0.05) is 0 Å². The van der Waals surface area contributed by atoms with E-state index in [2.05, 4.69) is 20.7 Å². The average molecular weight is 418 g/mol. The third kappa shape index (κ3) is 3.12. The van der Waals surface area contributed by atoms with Crippen molar-refractivity contribution >= 4 is 39.3 Å². The second kappa shape index (κ2) is 6.70. The summed E-state index contributed by atoms with van der Waals surface area (Å²) in [6.45, 7) is -1.54. The monoisotopic (exact) mass is 417 g/mol. The molecular formula is C16H14BrF2NO5. The molecule has 0 bridgehead atoms. The van der Waals surface area contributed by atoms with Crippen molar-refractivity contribution in [2.24, 2.45) is 5.92 Å². The lowest BCUT2D eigenvalue weighted by atomic mass is 9.89. The van der Waals surface area contributed by atoms with Crippen molar-refractivity contribution in [3.8, 4) is 5.75 Å². The number of fused-ring (bicyclic) bond motifs is 1. The number of esters is 1. The number of hydrogen-bond acceptors (Lipinski definition) is 5. The maximum absolute atomic E-state index is 12.8. The number of nitrogens with zero attached hydrogens (tertiary/aromatic N) is 1. The number of benzene rings is 1. The van der Waals surface area contributed by atoms with Crippen molar-refractivity contribution in [3.05, 3.63) is 22.2 Å². The van der Waals surface area contributed by atoms with Crippen molar-refractivity contribution in [2.45, 2.75) is 32.4 Å². The number of alkyl halides is 2. The summed E-state index contributed by atoms with van der Waals surface area (Å²) in [6, 6.07) is 2.50. The van der Waals surface area contributed by atoms with E-state index in [1.54, 1.807) is 6.92 Å². The molecule has 134 valence electrons. The van der Waals surface area contributed by atoms with Gasteiger partial charge in [-0.05, 0) is 47.8 Å². The predicted octanol–water partition coefficient (Wildman–Crippen LogP) is 2.92. The molecule has 0 radical (unpaired) electrons. The number of rotatable bonds is 5. The fourth-order valence-corrected chi connectivity index (χ4v) is 3.24. The summed E-state index contributed by atoms with van der Waals surface area (Å²) >= 11 is 3.11. The highest BCUT2D eigenvalue weighted by Crippen LogP contribution is 2.47. The molecule has 0 saturated heterocycles. The highest BCUT2D eigenvalue weighted by Gasteiger charge is 2.50. The SMILES string of the molecule is CCOC(=O)C1C(=O)c2ccc(Br)c(OC(F)F)c2N(C2CC2)C1=O. The van der Waals surface area contributed by atoms with Crippen LogP contribution in [-0.2, 0) is 14.3 Å². The van der Waals surface area contributed by atoms with E-state index in [0.29, 0.717) is 12.8 Å². The van der Waals surface area contributed by atoms with Crippen LogP contribution < -0.4 is 9.64 Å². The van der Waals surface area contributed by atoms with E-state index in [4.69, 9.17) is 4.74 Å². The fourth-order valence-electron chi connectivity index (χ4n) is 2.83. The van der Waals surface area contributed by atoms with Gasteiger partial charge in [0, 0.05) is 11.6 Å². The third-order valence-electron chi connectivity index (χ3n) is 3.98. The van der Waals surface area contributed by atoms with E-state index >= 15 is 0 Å². The number of amides is 1. The minimum Gasteiger partial charge on any atom is -0.465 e. The largest absolute Gasteiger partial charge is 0.465 e. The van der Waals surface area contributed by atoms with Crippen LogP contribution in [-0.4, -0.2) is 36.9 Å². The van der Waals surface area contributed by atoms with Gasteiger partial charge in [-0.2, -0.15) is 8.78 Å². The zero-order valence-corrected chi connectivity index (χ0v) is 14.7. The zero-order valence-electron chi connectivity index (χ0n) is 13.1. The Hall–Kier alpha value is -2.03. The van der Waals surface area contributed by atoms with E-state index in [0.717, 1.165) is 0 Å². The Kier molecular flexibility index (Phi) is 4.77. The molecule has 0 N–H and O–H groups in total. The summed E-state index contributed by atoms with van der Waals surface area (Å²) in [6.07, 6.45) is 1.30. The molecule has 1 aliphatic heterocycles. The molecule has 1 fully saturated rings. The van der Waals surface area contributed by atoms with E-state index in [1.807, 2.05) is 0 Å². The van der Waals surface area contributed by atoms with Crippen molar-refractivity contribution in [1.82, 2.24) is 0 Å². The van der Waals surface area contributed by atoms with E-state index in [1.165, 1.54) is 17.0 Å². The molecule has 9 heteroatoms. The van der Waals surface area contributed by atoms with Crippen LogP contribution in [0.25, 0.3) is 0 Å². The number of halogens is 3. The number of ether oxygens (including phenoxy) is 2. The first-order valence-electron chi connectivity index (χ1n) is 7.68. The molecule has 3 rings (SSSR count). The average Bonchev–Trinajstić information content (AvgIpc) is 3.35. The Bertz CT molecular complexity index is 750. The number of hydrogen-bond donors (Lipinski definition) is 0. The van der Waals surface area contributed by atoms with Gasteiger partial charge in [0.25, 0.3) is 0 Å². The van der Waals surface area contributed by atoms with E-state index in [-0.39, 0.29) is 34.1 Å². The van der Waals surface area contributed by atoms with Crippen LogP contribution in [0.1, 0.15) is 30.1 Å². The maximum atomic E-state index is 12.8. The molecule has 1 unspecified atom stereocenters. The van der Waals surface area contributed by atoms with Gasteiger partial charge in [-0.15, -0.1) is 0 Å². The molecule has 1 atom stereocenters. The van der Waals surface area contributed by atoms with Gasteiger partial charge in [0.15, 0.2) is 17.5 Å². The van der Waals surface area contributed by atoms with Crippen molar-refractivity contribution in [1.29, 1.82) is 0 Å². The first-order valence-corrected chi connectivity index (χ1v) is 8.47. The first kappa shape index (κ1) is 17.8. The summed E-state index contributed by atoms with van der Waals surface area (Å²) in [4.78, 5) is 38.8. The summed E-state index contributed by atoms with van der Waals surface area (Å²) in [7, 11) is 0. The number of ketones is 1. The summed E-state index contributed by atoms with van der Waals surface area (Å²) in [5, 5.41) is 0. The standard InChI is InChI=1S/C16H14BrF2NO5/c1-2-24-15(23)10-12(21)8-5-6-9(17)13(25-16(18)19)11(8)20(14(10)22)7-3-4-7/h5-7,10,16H,2-4H2,1H3. The fraction of sp³-hybridized carbons (Fsp3) is 0.438. The van der Waals surface area contributed by atoms with Crippen LogP contribution in [0.4, 0.5) is 14.5 Å². The normalized spacial score (nSPS) is 19.9. The molecule has 1 amide bonds. The van der Waals surface area contributed by atoms with Crippen molar-refractivity contribution in [2.75, 3.05) is 11.5 Å². The van der Waals surface area contributed by atoms with Gasteiger partial charge < -0.3 is 14.4 Å². The summed E-state index contributed by atoms with van der Waals surface area (Å²) in [5.74, 6) is -4.39. The van der Waals surface area contributed by atoms with Crippen molar-refractivity contribution in [3.63, 3.8) is 0 Å². The highest BCUT2D eigenvalue weighted by atomic mass is 79.9. The van der Waals surface area contributed by atoms with Gasteiger partial charge in [-0.3, -0.25) is 14.4 Å². The lowest BCUT2D eigenvalue weighted by Gasteiger charge is -2.34. The molecule has 0 aromatic heterocycles. The second-order valence-corrected chi connectivity index (χ2v) is 6.49. The predicted molar refractivity (Wildman–Crippen MR) is 85.7 cm³/mol. The quantitative estimate of drug-likeness (QED) is 0.543. The molecular weight excluding hydrogens is 404 g/mol. The molecule has 6 nitrogen and oxygen atoms in total. The Labute approximate surface area is 150 Å². The molecule has 0 spiro atoms. The van der Waals surface area contributed by atoms with Crippen molar-refractivity contribution < 1.29 is 32.6 Å². The number of carbonyl (C=O) groups excluding carboxylic acids is 3. The number of Topliss-reactive ketones (excluding diaryl/α,β-unsaturated/α-hetero) is 1. The number of carbonyl (C=O) groups is 3. The third-order valence-corrected chi connectivity index (χ3v) is 4.60. The van der Waals surface area contributed by atoms with Gasteiger partial charge in [0.05, 0.1) is 16.8 Å². The van der Waals surface area contributed by atoms with Crippen LogP contribution >= 0.6 is 15.9 Å². The van der Waals surface area contributed by atoms with Crippen LogP contribution in [0.15, 0.2) is 16.6 Å². The molecule has 1 aromatic carbocycles. The Morgan fingerprint density at radius 2 is 2.04 bits per heavy atom. The lowest BCUT2D eigenvalue weighted by Crippen LogP contribution is -2.49. The topological polar surface area (TPSA) is 72.9 Å².